The average molecular weight is 511 g/mol. The summed E-state index contributed by atoms with van der Waals surface area (Å²) in [5.74, 6) is -1.97. The number of hydrogen-bond donors (Lipinski definition) is 1. The topological polar surface area (TPSA) is 156 Å². The molecule has 31 heavy (non-hydrogen) atoms. The van der Waals surface area contributed by atoms with E-state index in [2.05, 4.69) is 0 Å². The Hall–Kier alpha value is 0.266. The molecule has 0 spiro atoms. The number of rotatable bonds is 16. The summed E-state index contributed by atoms with van der Waals surface area (Å²) in [5, 5.41) is 9.68. The van der Waals surface area contributed by atoms with Crippen LogP contribution in [0.25, 0.3) is 0 Å². The van der Waals surface area contributed by atoms with Crippen LogP contribution < -0.4 is 51.4 Å². The first-order valence-electron chi connectivity index (χ1n) is 9.64. The predicted octanol–water partition coefficient (Wildman–Crippen LogP) is -2.28. The Bertz CT molecular complexity index is 641. The van der Waals surface area contributed by atoms with Crippen molar-refractivity contribution in [1.29, 1.82) is 0 Å². The SMILES string of the molecule is CCC(C)C(=O)OCC(O)COC(=O)CCSCC(C)C(=O)OCCCS(=O)(=O)[O-].[K+]. The Morgan fingerprint density at radius 2 is 1.61 bits per heavy atom. The maximum absolute atomic E-state index is 11.7. The summed E-state index contributed by atoms with van der Waals surface area (Å²) >= 11 is 1.34. The maximum Gasteiger partial charge on any atom is 1.00 e. The summed E-state index contributed by atoms with van der Waals surface area (Å²) in [6.45, 7) is 4.53. The van der Waals surface area contributed by atoms with Crippen LogP contribution in [-0.2, 0) is 38.7 Å². The molecule has 0 radical (unpaired) electrons. The summed E-state index contributed by atoms with van der Waals surface area (Å²) < 4.78 is 46.1. The van der Waals surface area contributed by atoms with Gasteiger partial charge < -0.3 is 23.9 Å². The first-order chi connectivity index (χ1) is 14.0. The quantitative estimate of drug-likeness (QED) is 0.0784. The minimum Gasteiger partial charge on any atom is -0.748 e. The predicted molar refractivity (Wildman–Crippen MR) is 109 cm³/mol. The van der Waals surface area contributed by atoms with Gasteiger partial charge in [0.15, 0.2) is 0 Å². The number of hydrogen-bond acceptors (Lipinski definition) is 11. The van der Waals surface area contributed by atoms with Gasteiger partial charge >= 0.3 is 69.3 Å². The van der Waals surface area contributed by atoms with Crippen molar-refractivity contribution in [3.8, 4) is 0 Å². The standard InChI is InChI=1S/C18H32O10S2.K/c1-4-13(2)17(21)28-11-15(19)10-27-16(20)6-8-29-12-14(3)18(22)26-7-5-9-30(23,24)25;/h13-15,19H,4-12H2,1-3H3,(H,23,24,25);/q;+1/p-1. The van der Waals surface area contributed by atoms with Gasteiger partial charge in [-0.25, -0.2) is 8.42 Å². The van der Waals surface area contributed by atoms with Gasteiger partial charge in [0.05, 0.1) is 35.0 Å². The van der Waals surface area contributed by atoms with E-state index in [0.29, 0.717) is 17.9 Å². The molecule has 176 valence electrons. The number of ether oxygens (including phenoxy) is 3. The zero-order valence-corrected chi connectivity index (χ0v) is 23.3. The Labute approximate surface area is 230 Å². The second-order valence-electron chi connectivity index (χ2n) is 6.78. The van der Waals surface area contributed by atoms with Crippen molar-refractivity contribution >= 4 is 39.8 Å². The van der Waals surface area contributed by atoms with Gasteiger partial charge in [-0.05, 0) is 12.8 Å². The van der Waals surface area contributed by atoms with Gasteiger partial charge in [-0.2, -0.15) is 11.8 Å². The van der Waals surface area contributed by atoms with E-state index in [-0.39, 0.29) is 90.0 Å². The van der Waals surface area contributed by atoms with Crippen molar-refractivity contribution in [3.05, 3.63) is 0 Å². The third kappa shape index (κ3) is 19.4. The molecule has 0 aliphatic rings. The Morgan fingerprint density at radius 3 is 2.19 bits per heavy atom. The molecule has 0 heterocycles. The monoisotopic (exact) mass is 510 g/mol. The van der Waals surface area contributed by atoms with Gasteiger partial charge in [0.25, 0.3) is 0 Å². The van der Waals surface area contributed by atoms with Crippen molar-refractivity contribution in [3.63, 3.8) is 0 Å². The molecule has 0 aliphatic heterocycles. The number of carbonyl (C=O) groups is 3. The number of esters is 3. The first kappa shape index (κ1) is 33.4. The van der Waals surface area contributed by atoms with Crippen LogP contribution in [-0.4, -0.2) is 79.2 Å². The molecule has 0 aliphatic carbocycles. The van der Waals surface area contributed by atoms with Gasteiger partial charge in [-0.3, -0.25) is 14.4 Å². The summed E-state index contributed by atoms with van der Waals surface area (Å²) in [6.07, 6.45) is -0.441. The number of aliphatic hydroxyl groups is 1. The second-order valence-corrected chi connectivity index (χ2v) is 9.46. The molecule has 3 atom stereocenters. The van der Waals surface area contributed by atoms with Crippen LogP contribution in [0.5, 0.6) is 0 Å². The molecule has 0 saturated carbocycles. The van der Waals surface area contributed by atoms with Gasteiger partial charge in [-0.1, -0.05) is 20.8 Å². The van der Waals surface area contributed by atoms with Crippen LogP contribution in [0, 0.1) is 11.8 Å². The van der Waals surface area contributed by atoms with E-state index < -0.39 is 45.8 Å². The fourth-order valence-electron chi connectivity index (χ4n) is 1.83. The normalized spacial score (nSPS) is 14.0. The van der Waals surface area contributed by atoms with Crippen LogP contribution in [0.15, 0.2) is 0 Å². The summed E-state index contributed by atoms with van der Waals surface area (Å²) in [6, 6.07) is 0. The number of carbonyl (C=O) groups excluding carboxylic acids is 3. The minimum atomic E-state index is -4.32. The van der Waals surface area contributed by atoms with Crippen LogP contribution >= 0.6 is 11.8 Å². The van der Waals surface area contributed by atoms with E-state index in [4.69, 9.17) is 14.2 Å². The van der Waals surface area contributed by atoms with Crippen molar-refractivity contribution in [2.75, 3.05) is 37.1 Å². The molecule has 13 heteroatoms. The molecule has 10 nitrogen and oxygen atoms in total. The van der Waals surface area contributed by atoms with E-state index >= 15 is 0 Å². The van der Waals surface area contributed by atoms with Gasteiger partial charge in [0.2, 0.25) is 0 Å². The van der Waals surface area contributed by atoms with Crippen molar-refractivity contribution in [2.24, 2.45) is 11.8 Å². The molecular formula is C18H31KO10S2. The zero-order chi connectivity index (χ0) is 23.2. The molecule has 0 fully saturated rings. The summed E-state index contributed by atoms with van der Waals surface area (Å²) in [4.78, 5) is 34.9. The van der Waals surface area contributed by atoms with Crippen LogP contribution in [0.2, 0.25) is 0 Å². The third-order valence-electron chi connectivity index (χ3n) is 3.87. The fraction of sp³-hybridized carbons (Fsp3) is 0.833. The average Bonchev–Trinajstić information content (AvgIpc) is 2.69. The van der Waals surface area contributed by atoms with Crippen molar-refractivity contribution < 1.29 is 98.1 Å². The minimum absolute atomic E-state index is 0. The van der Waals surface area contributed by atoms with Gasteiger partial charge in [0, 0.05) is 17.3 Å². The Balaban J connectivity index is 0. The van der Waals surface area contributed by atoms with Crippen LogP contribution in [0.3, 0.4) is 0 Å². The molecular weight excluding hydrogens is 479 g/mol. The number of thioether (sulfide) groups is 1. The van der Waals surface area contributed by atoms with Crippen LogP contribution in [0.4, 0.5) is 0 Å². The van der Waals surface area contributed by atoms with Crippen molar-refractivity contribution in [1.82, 2.24) is 0 Å². The third-order valence-corrected chi connectivity index (χ3v) is 5.89. The van der Waals surface area contributed by atoms with E-state index in [1.54, 1.807) is 13.8 Å². The second kappa shape index (κ2) is 18.7. The largest absolute Gasteiger partial charge is 1.00 e. The molecule has 0 bridgehead atoms. The summed E-state index contributed by atoms with van der Waals surface area (Å²) in [5.41, 5.74) is 0. The van der Waals surface area contributed by atoms with E-state index in [1.807, 2.05) is 6.92 Å². The summed E-state index contributed by atoms with van der Waals surface area (Å²) in [7, 11) is -4.32. The first-order valence-corrected chi connectivity index (χ1v) is 12.4. The Kier molecular flexibility index (Phi) is 20.1. The maximum atomic E-state index is 11.7. The fourth-order valence-corrected chi connectivity index (χ4v) is 3.27. The number of aliphatic hydroxyl groups excluding tert-OH is 1. The van der Waals surface area contributed by atoms with Crippen LogP contribution in [0.1, 0.15) is 40.0 Å². The molecule has 0 aromatic carbocycles. The molecule has 0 aromatic heterocycles. The van der Waals surface area contributed by atoms with E-state index in [0.717, 1.165) is 0 Å². The van der Waals surface area contributed by atoms with Crippen molar-refractivity contribution in [2.45, 2.75) is 46.1 Å². The van der Waals surface area contributed by atoms with Gasteiger partial charge in [0.1, 0.15) is 19.3 Å². The molecule has 3 unspecified atom stereocenters. The van der Waals surface area contributed by atoms with E-state index in [9.17, 15) is 32.5 Å². The molecule has 1 N–H and O–H groups in total. The smallest absolute Gasteiger partial charge is 0.748 e. The molecule has 0 rings (SSSR count). The molecule has 0 saturated heterocycles. The Morgan fingerprint density at radius 1 is 1.03 bits per heavy atom. The van der Waals surface area contributed by atoms with Gasteiger partial charge in [-0.15, -0.1) is 0 Å². The molecule has 0 aromatic rings. The molecule has 0 amide bonds. The van der Waals surface area contributed by atoms with E-state index in [1.165, 1.54) is 11.8 Å². The zero-order valence-electron chi connectivity index (χ0n) is 18.5.